The predicted molar refractivity (Wildman–Crippen MR) is 114 cm³/mol. The molecule has 7 heteroatoms. The van der Waals surface area contributed by atoms with Gasteiger partial charge < -0.3 is 21.1 Å². The van der Waals surface area contributed by atoms with Crippen LogP contribution in [0, 0.1) is 5.92 Å². The molecule has 1 fully saturated rings. The van der Waals surface area contributed by atoms with Gasteiger partial charge >= 0.3 is 0 Å². The normalized spacial score (nSPS) is 16.6. The number of hydrogen-bond donors (Lipinski definition) is 3. The summed E-state index contributed by atoms with van der Waals surface area (Å²) in [5.74, 6) is 0.395. The molecule has 0 saturated heterocycles. The monoisotopic (exact) mass is 411 g/mol. The first kappa shape index (κ1) is 24.2. The average molecular weight is 412 g/mol. The SMILES string of the molecule is COc1ccc(C2(CNC(=O)CNC(=O)[C@@H](N)C(C)C)CCCCC2)cc1.Cl. The number of methoxy groups -OCH3 is 1. The van der Waals surface area contributed by atoms with Gasteiger partial charge in [-0.2, -0.15) is 0 Å². The molecule has 2 rings (SSSR count). The van der Waals surface area contributed by atoms with Crippen LogP contribution in [0.5, 0.6) is 5.75 Å². The van der Waals surface area contributed by atoms with Crippen LogP contribution < -0.4 is 21.1 Å². The maximum atomic E-state index is 12.3. The quantitative estimate of drug-likeness (QED) is 0.612. The van der Waals surface area contributed by atoms with Crippen LogP contribution in [0.25, 0.3) is 0 Å². The number of halogens is 1. The van der Waals surface area contributed by atoms with Crippen LogP contribution >= 0.6 is 12.4 Å². The zero-order valence-electron chi connectivity index (χ0n) is 17.1. The number of nitrogens with one attached hydrogen (secondary N) is 2. The fraction of sp³-hybridized carbons (Fsp3) is 0.619. The van der Waals surface area contributed by atoms with E-state index in [0.717, 1.165) is 31.4 Å². The summed E-state index contributed by atoms with van der Waals surface area (Å²) in [7, 11) is 1.66. The summed E-state index contributed by atoms with van der Waals surface area (Å²) in [6.45, 7) is 4.29. The van der Waals surface area contributed by atoms with E-state index < -0.39 is 6.04 Å². The standard InChI is InChI=1S/C21H33N3O3.ClH/c1-15(2)19(22)20(26)23-13-18(25)24-14-21(11-5-4-6-12-21)16-7-9-17(27-3)10-8-16;/h7-10,15,19H,4-6,11-14,22H2,1-3H3,(H,23,26)(H,24,25);1H/t19-;/m0./s1. The van der Waals surface area contributed by atoms with Gasteiger partial charge in [0.1, 0.15) is 5.75 Å². The van der Waals surface area contributed by atoms with E-state index in [4.69, 9.17) is 10.5 Å². The van der Waals surface area contributed by atoms with Gasteiger partial charge in [0.25, 0.3) is 0 Å². The molecule has 0 heterocycles. The predicted octanol–water partition coefficient (Wildman–Crippen LogP) is 2.53. The zero-order valence-corrected chi connectivity index (χ0v) is 17.9. The van der Waals surface area contributed by atoms with Crippen LogP contribution in [0.1, 0.15) is 51.5 Å². The van der Waals surface area contributed by atoms with Gasteiger partial charge in [0.15, 0.2) is 0 Å². The van der Waals surface area contributed by atoms with Gasteiger partial charge in [-0.15, -0.1) is 12.4 Å². The van der Waals surface area contributed by atoms with E-state index in [0.29, 0.717) is 6.54 Å². The van der Waals surface area contributed by atoms with Crippen molar-refractivity contribution in [3.8, 4) is 5.75 Å². The van der Waals surface area contributed by atoms with E-state index in [1.54, 1.807) is 7.11 Å². The first-order chi connectivity index (χ1) is 12.9. The topological polar surface area (TPSA) is 93.5 Å². The summed E-state index contributed by atoms with van der Waals surface area (Å²) in [5, 5.41) is 5.64. The third-order valence-corrected chi connectivity index (χ3v) is 5.58. The molecule has 6 nitrogen and oxygen atoms in total. The molecular formula is C21H34ClN3O3. The summed E-state index contributed by atoms with van der Waals surface area (Å²) in [4.78, 5) is 24.2. The molecule has 0 spiro atoms. The molecule has 0 unspecified atom stereocenters. The fourth-order valence-corrected chi connectivity index (χ4v) is 3.66. The second kappa shape index (κ2) is 11.3. The highest BCUT2D eigenvalue weighted by Gasteiger charge is 2.34. The van der Waals surface area contributed by atoms with E-state index in [9.17, 15) is 9.59 Å². The molecule has 0 bridgehead atoms. The Balaban J connectivity index is 0.00000392. The smallest absolute Gasteiger partial charge is 0.239 e. The first-order valence-corrected chi connectivity index (χ1v) is 9.82. The Hall–Kier alpha value is -1.79. The summed E-state index contributed by atoms with van der Waals surface area (Å²) in [6, 6.07) is 7.54. The van der Waals surface area contributed by atoms with Crippen LogP contribution in [0.2, 0.25) is 0 Å². The highest BCUT2D eigenvalue weighted by Crippen LogP contribution is 2.39. The van der Waals surface area contributed by atoms with Gasteiger partial charge in [0, 0.05) is 12.0 Å². The maximum Gasteiger partial charge on any atom is 0.239 e. The average Bonchev–Trinajstić information content (AvgIpc) is 2.70. The summed E-state index contributed by atoms with van der Waals surface area (Å²) < 4.78 is 5.26. The van der Waals surface area contributed by atoms with Crippen LogP contribution in [0.3, 0.4) is 0 Å². The third-order valence-electron chi connectivity index (χ3n) is 5.58. The lowest BCUT2D eigenvalue weighted by Crippen LogP contribution is -2.49. The minimum atomic E-state index is -0.596. The van der Waals surface area contributed by atoms with Crippen molar-refractivity contribution in [2.24, 2.45) is 11.7 Å². The fourth-order valence-electron chi connectivity index (χ4n) is 3.66. The number of carbonyl (C=O) groups is 2. The molecule has 1 aliphatic carbocycles. The second-order valence-corrected chi connectivity index (χ2v) is 7.83. The summed E-state index contributed by atoms with van der Waals surface area (Å²) >= 11 is 0. The Morgan fingerprint density at radius 3 is 2.25 bits per heavy atom. The van der Waals surface area contributed by atoms with Crippen LogP contribution in [0.15, 0.2) is 24.3 Å². The number of rotatable bonds is 8. The molecule has 1 aromatic carbocycles. The Kier molecular flexibility index (Phi) is 9.76. The number of hydrogen-bond acceptors (Lipinski definition) is 4. The number of ether oxygens (including phenoxy) is 1. The Morgan fingerprint density at radius 1 is 1.11 bits per heavy atom. The lowest BCUT2D eigenvalue weighted by Gasteiger charge is -2.38. The van der Waals surface area contributed by atoms with Crippen molar-refractivity contribution < 1.29 is 14.3 Å². The Labute approximate surface area is 174 Å². The molecule has 28 heavy (non-hydrogen) atoms. The number of nitrogens with two attached hydrogens (primary N) is 1. The van der Waals surface area contributed by atoms with Gasteiger partial charge in [-0.25, -0.2) is 0 Å². The lowest BCUT2D eigenvalue weighted by atomic mass is 9.69. The minimum absolute atomic E-state index is 0. The van der Waals surface area contributed by atoms with Crippen LogP contribution in [-0.2, 0) is 15.0 Å². The molecule has 0 aliphatic heterocycles. The second-order valence-electron chi connectivity index (χ2n) is 7.83. The zero-order chi connectivity index (χ0) is 19.9. The largest absolute Gasteiger partial charge is 0.497 e. The summed E-state index contributed by atoms with van der Waals surface area (Å²) in [6.07, 6.45) is 5.63. The van der Waals surface area contributed by atoms with Crippen molar-refractivity contribution in [2.45, 2.75) is 57.4 Å². The lowest BCUT2D eigenvalue weighted by molar-refractivity contribution is -0.127. The Bertz CT molecular complexity index is 628. The molecule has 158 valence electrons. The Morgan fingerprint density at radius 2 is 1.71 bits per heavy atom. The van der Waals surface area contributed by atoms with Crippen molar-refractivity contribution in [1.82, 2.24) is 10.6 Å². The minimum Gasteiger partial charge on any atom is -0.497 e. The van der Waals surface area contributed by atoms with Gasteiger partial charge in [-0.1, -0.05) is 45.2 Å². The van der Waals surface area contributed by atoms with Gasteiger partial charge in [-0.3, -0.25) is 9.59 Å². The first-order valence-electron chi connectivity index (χ1n) is 9.82. The molecule has 0 radical (unpaired) electrons. The molecule has 2 amide bonds. The molecule has 1 aromatic rings. The van der Waals surface area contributed by atoms with Gasteiger partial charge in [-0.05, 0) is 36.5 Å². The van der Waals surface area contributed by atoms with Gasteiger partial charge in [0.05, 0.1) is 19.7 Å². The third kappa shape index (κ3) is 6.38. The maximum absolute atomic E-state index is 12.3. The molecule has 0 aromatic heterocycles. The van der Waals surface area contributed by atoms with Crippen LogP contribution in [-0.4, -0.2) is 38.1 Å². The van der Waals surface area contributed by atoms with E-state index in [2.05, 4.69) is 22.8 Å². The molecule has 1 atom stereocenters. The number of carbonyl (C=O) groups excluding carboxylic acids is 2. The van der Waals surface area contributed by atoms with E-state index in [-0.39, 0.29) is 42.1 Å². The number of amides is 2. The molecule has 4 N–H and O–H groups in total. The molecule has 1 aliphatic rings. The molecular weight excluding hydrogens is 378 g/mol. The van der Waals surface area contributed by atoms with E-state index in [1.165, 1.54) is 12.0 Å². The highest BCUT2D eigenvalue weighted by atomic mass is 35.5. The van der Waals surface area contributed by atoms with E-state index >= 15 is 0 Å². The van der Waals surface area contributed by atoms with Crippen molar-refractivity contribution >= 4 is 24.2 Å². The van der Waals surface area contributed by atoms with Gasteiger partial charge in [0.2, 0.25) is 11.8 Å². The van der Waals surface area contributed by atoms with Crippen molar-refractivity contribution in [3.63, 3.8) is 0 Å². The van der Waals surface area contributed by atoms with Crippen molar-refractivity contribution in [1.29, 1.82) is 0 Å². The van der Waals surface area contributed by atoms with E-state index in [1.807, 2.05) is 26.0 Å². The highest BCUT2D eigenvalue weighted by molar-refractivity contribution is 5.87. The van der Waals surface area contributed by atoms with Crippen LogP contribution in [0.4, 0.5) is 0 Å². The number of benzene rings is 1. The van der Waals surface area contributed by atoms with Crippen molar-refractivity contribution in [2.75, 3.05) is 20.2 Å². The molecule has 1 saturated carbocycles. The van der Waals surface area contributed by atoms with Crippen molar-refractivity contribution in [3.05, 3.63) is 29.8 Å². The summed E-state index contributed by atoms with van der Waals surface area (Å²) in [5.41, 5.74) is 6.98.